The van der Waals surface area contributed by atoms with Crippen LogP contribution in [0.3, 0.4) is 0 Å². The first-order chi connectivity index (χ1) is 11.1. The molecule has 0 N–H and O–H groups in total. The molecular weight excluding hydrogens is 300 g/mol. The predicted molar refractivity (Wildman–Crippen MR) is 81.0 cm³/mol. The van der Waals surface area contributed by atoms with E-state index in [-0.39, 0.29) is 29.8 Å². The molecule has 0 spiro atoms. The number of methoxy groups -OCH3 is 2. The lowest BCUT2D eigenvalue weighted by Gasteiger charge is -2.12. The number of hydrogen-bond acceptors (Lipinski definition) is 7. The molecular formula is C16H16N2O5. The minimum Gasteiger partial charge on any atom is -0.480 e. The Morgan fingerprint density at radius 3 is 2.30 bits per heavy atom. The average Bonchev–Trinajstić information content (AvgIpc) is 2.60. The molecule has 0 aliphatic carbocycles. The van der Waals surface area contributed by atoms with Gasteiger partial charge in [0, 0.05) is 5.56 Å². The van der Waals surface area contributed by atoms with Crippen molar-refractivity contribution in [3.8, 4) is 11.9 Å². The number of aromatic nitrogens is 2. The smallest absolute Gasteiger partial charge is 0.358 e. The molecule has 0 unspecified atom stereocenters. The average molecular weight is 316 g/mol. The Kier molecular flexibility index (Phi) is 5.24. The van der Waals surface area contributed by atoms with Gasteiger partial charge in [-0.05, 0) is 6.92 Å². The van der Waals surface area contributed by atoms with E-state index in [4.69, 9.17) is 14.2 Å². The molecule has 7 nitrogen and oxygen atoms in total. The van der Waals surface area contributed by atoms with Gasteiger partial charge in [-0.2, -0.15) is 9.97 Å². The molecule has 1 heterocycles. The quantitative estimate of drug-likeness (QED) is 0.594. The molecule has 120 valence electrons. The summed E-state index contributed by atoms with van der Waals surface area (Å²) < 4.78 is 15.0. The number of benzene rings is 1. The Morgan fingerprint density at radius 2 is 1.74 bits per heavy atom. The summed E-state index contributed by atoms with van der Waals surface area (Å²) in [4.78, 5) is 32.8. The van der Waals surface area contributed by atoms with Crippen LogP contribution in [0.5, 0.6) is 11.9 Å². The normalized spacial score (nSPS) is 10.0. The standard InChI is InChI=1S/C16H16N2O5/c1-4-23-15(20)12-11(13(19)10-8-6-5-7-9-10)14(21-2)18-16(17-12)22-3/h5-9H,4H2,1-3H3. The number of carbonyl (C=O) groups is 2. The summed E-state index contributed by atoms with van der Waals surface area (Å²) in [6.45, 7) is 1.80. The van der Waals surface area contributed by atoms with Gasteiger partial charge in [0.2, 0.25) is 11.7 Å². The van der Waals surface area contributed by atoms with Crippen LogP contribution >= 0.6 is 0 Å². The zero-order valence-electron chi connectivity index (χ0n) is 13.0. The Balaban J connectivity index is 2.64. The molecule has 2 aromatic rings. The fourth-order valence-electron chi connectivity index (χ4n) is 1.95. The number of carbonyl (C=O) groups excluding carboxylic acids is 2. The van der Waals surface area contributed by atoms with Crippen LogP contribution in [-0.2, 0) is 4.74 Å². The first kappa shape index (κ1) is 16.4. The molecule has 0 saturated carbocycles. The van der Waals surface area contributed by atoms with E-state index in [2.05, 4.69) is 9.97 Å². The van der Waals surface area contributed by atoms with Gasteiger partial charge < -0.3 is 14.2 Å². The van der Waals surface area contributed by atoms with Gasteiger partial charge in [0.15, 0.2) is 5.69 Å². The van der Waals surface area contributed by atoms with E-state index in [1.807, 2.05) is 0 Å². The van der Waals surface area contributed by atoms with Crippen LogP contribution < -0.4 is 9.47 Å². The number of ether oxygens (including phenoxy) is 3. The number of nitrogens with zero attached hydrogens (tertiary/aromatic N) is 2. The molecule has 0 fully saturated rings. The lowest BCUT2D eigenvalue weighted by molar-refractivity contribution is 0.0514. The second-order valence-corrected chi connectivity index (χ2v) is 4.36. The van der Waals surface area contributed by atoms with Crippen molar-refractivity contribution in [1.82, 2.24) is 9.97 Å². The van der Waals surface area contributed by atoms with E-state index in [0.717, 1.165) is 0 Å². The van der Waals surface area contributed by atoms with E-state index >= 15 is 0 Å². The zero-order chi connectivity index (χ0) is 16.8. The van der Waals surface area contributed by atoms with Gasteiger partial charge in [-0.15, -0.1) is 0 Å². The highest BCUT2D eigenvalue weighted by Crippen LogP contribution is 2.25. The maximum atomic E-state index is 12.7. The Morgan fingerprint density at radius 1 is 1.04 bits per heavy atom. The van der Waals surface area contributed by atoms with E-state index in [0.29, 0.717) is 5.56 Å². The molecule has 0 radical (unpaired) electrons. The summed E-state index contributed by atoms with van der Waals surface area (Å²) in [6.07, 6.45) is 0. The fraction of sp³-hybridized carbons (Fsp3) is 0.250. The summed E-state index contributed by atoms with van der Waals surface area (Å²) in [5.41, 5.74) is 0.132. The Bertz CT molecular complexity index is 716. The molecule has 0 aliphatic heterocycles. The van der Waals surface area contributed by atoms with Gasteiger partial charge in [0.05, 0.1) is 20.8 Å². The first-order valence-electron chi connectivity index (χ1n) is 6.89. The van der Waals surface area contributed by atoms with E-state index in [1.54, 1.807) is 37.3 Å². The Labute approximate surface area is 133 Å². The van der Waals surface area contributed by atoms with Crippen LogP contribution in [0.2, 0.25) is 0 Å². The van der Waals surface area contributed by atoms with Gasteiger partial charge in [0.1, 0.15) is 5.56 Å². The largest absolute Gasteiger partial charge is 0.480 e. The third-order valence-corrected chi connectivity index (χ3v) is 2.96. The molecule has 0 amide bonds. The summed E-state index contributed by atoms with van der Waals surface area (Å²) in [7, 11) is 2.70. The highest BCUT2D eigenvalue weighted by Gasteiger charge is 2.28. The second kappa shape index (κ2) is 7.35. The maximum Gasteiger partial charge on any atom is 0.358 e. The highest BCUT2D eigenvalue weighted by atomic mass is 16.5. The maximum absolute atomic E-state index is 12.7. The zero-order valence-corrected chi connectivity index (χ0v) is 13.0. The number of rotatable bonds is 6. The number of ketones is 1. The van der Waals surface area contributed by atoms with Crippen molar-refractivity contribution in [2.45, 2.75) is 6.92 Å². The summed E-state index contributed by atoms with van der Waals surface area (Å²) in [5.74, 6) is -1.23. The van der Waals surface area contributed by atoms with Crippen molar-refractivity contribution in [3.05, 3.63) is 47.2 Å². The van der Waals surface area contributed by atoms with E-state index in [9.17, 15) is 9.59 Å². The second-order valence-electron chi connectivity index (χ2n) is 4.36. The van der Waals surface area contributed by atoms with Crippen molar-refractivity contribution in [1.29, 1.82) is 0 Å². The minimum absolute atomic E-state index is 0.0474. The minimum atomic E-state index is -0.745. The molecule has 0 atom stereocenters. The number of hydrogen-bond donors (Lipinski definition) is 0. The predicted octanol–water partition coefficient (Wildman–Crippen LogP) is 1.90. The van der Waals surface area contributed by atoms with Crippen LogP contribution in [0.15, 0.2) is 30.3 Å². The SMILES string of the molecule is CCOC(=O)c1nc(OC)nc(OC)c1C(=O)c1ccccc1. The molecule has 0 bridgehead atoms. The van der Waals surface area contributed by atoms with E-state index in [1.165, 1.54) is 14.2 Å². The van der Waals surface area contributed by atoms with Crippen molar-refractivity contribution in [2.75, 3.05) is 20.8 Å². The summed E-state index contributed by atoms with van der Waals surface area (Å²) in [6, 6.07) is 8.38. The van der Waals surface area contributed by atoms with Gasteiger partial charge >= 0.3 is 12.0 Å². The lowest BCUT2D eigenvalue weighted by Crippen LogP contribution is -2.18. The topological polar surface area (TPSA) is 87.6 Å². The first-order valence-corrected chi connectivity index (χ1v) is 6.89. The van der Waals surface area contributed by atoms with Gasteiger partial charge in [-0.1, -0.05) is 30.3 Å². The third-order valence-electron chi connectivity index (χ3n) is 2.96. The Hall–Kier alpha value is -2.96. The van der Waals surface area contributed by atoms with Crippen molar-refractivity contribution in [2.24, 2.45) is 0 Å². The molecule has 1 aromatic heterocycles. The fourth-order valence-corrected chi connectivity index (χ4v) is 1.95. The molecule has 1 aromatic carbocycles. The van der Waals surface area contributed by atoms with E-state index < -0.39 is 11.8 Å². The van der Waals surface area contributed by atoms with Gasteiger partial charge in [-0.3, -0.25) is 4.79 Å². The van der Waals surface area contributed by atoms with Gasteiger partial charge in [-0.25, -0.2) is 4.79 Å². The van der Waals surface area contributed by atoms with Crippen molar-refractivity contribution >= 4 is 11.8 Å². The monoisotopic (exact) mass is 316 g/mol. The number of esters is 1. The summed E-state index contributed by atoms with van der Waals surface area (Å²) in [5, 5.41) is 0. The van der Waals surface area contributed by atoms with Crippen LogP contribution in [0.25, 0.3) is 0 Å². The van der Waals surface area contributed by atoms with Crippen LogP contribution in [0, 0.1) is 0 Å². The highest BCUT2D eigenvalue weighted by molar-refractivity contribution is 6.15. The van der Waals surface area contributed by atoms with Gasteiger partial charge in [0.25, 0.3) is 0 Å². The van der Waals surface area contributed by atoms with Crippen LogP contribution in [0.4, 0.5) is 0 Å². The third kappa shape index (κ3) is 3.45. The van der Waals surface area contributed by atoms with Crippen LogP contribution in [-0.4, -0.2) is 42.5 Å². The van der Waals surface area contributed by atoms with Crippen LogP contribution in [0.1, 0.15) is 33.3 Å². The molecule has 2 rings (SSSR count). The molecule has 7 heteroatoms. The lowest BCUT2D eigenvalue weighted by atomic mass is 10.0. The van der Waals surface area contributed by atoms with Crippen molar-refractivity contribution < 1.29 is 23.8 Å². The molecule has 0 aliphatic rings. The summed E-state index contributed by atoms with van der Waals surface area (Å²) >= 11 is 0. The molecule has 0 saturated heterocycles. The van der Waals surface area contributed by atoms with Crippen molar-refractivity contribution in [3.63, 3.8) is 0 Å². The molecule has 23 heavy (non-hydrogen) atoms.